The van der Waals surface area contributed by atoms with Crippen molar-refractivity contribution in [2.24, 2.45) is 5.92 Å². The zero-order valence-corrected chi connectivity index (χ0v) is 12.4. The third kappa shape index (κ3) is 4.01. The van der Waals surface area contributed by atoms with Crippen LogP contribution in [0.1, 0.15) is 20.3 Å². The van der Waals surface area contributed by atoms with Crippen LogP contribution in [0.25, 0.3) is 0 Å². The SMILES string of the molecule is CCC(C)C(NS(=O)(=O)c1ccc(F)cc1)C(=O)OC. The molecule has 0 bridgehead atoms. The normalized spacial score (nSPS) is 14.6. The molecular weight excluding hydrogens is 285 g/mol. The number of carbonyl (C=O) groups excluding carboxylic acids is 1. The minimum atomic E-state index is -3.90. The second kappa shape index (κ2) is 6.81. The van der Waals surface area contributed by atoms with E-state index < -0.39 is 27.9 Å². The maximum Gasteiger partial charge on any atom is 0.324 e. The van der Waals surface area contributed by atoms with E-state index in [0.29, 0.717) is 6.42 Å². The lowest BCUT2D eigenvalue weighted by Crippen LogP contribution is -2.45. The fourth-order valence-electron chi connectivity index (χ4n) is 1.61. The van der Waals surface area contributed by atoms with Crippen molar-refractivity contribution in [1.29, 1.82) is 0 Å². The second-order valence-corrected chi connectivity index (χ2v) is 6.18. The first-order valence-electron chi connectivity index (χ1n) is 6.17. The predicted molar refractivity (Wildman–Crippen MR) is 72.0 cm³/mol. The van der Waals surface area contributed by atoms with Crippen LogP contribution in [0.4, 0.5) is 4.39 Å². The molecule has 1 N–H and O–H groups in total. The largest absolute Gasteiger partial charge is 0.468 e. The van der Waals surface area contributed by atoms with Crippen LogP contribution in [-0.2, 0) is 19.6 Å². The number of sulfonamides is 1. The summed E-state index contributed by atoms with van der Waals surface area (Å²) in [5, 5.41) is 0. The van der Waals surface area contributed by atoms with Gasteiger partial charge in [-0.3, -0.25) is 4.79 Å². The van der Waals surface area contributed by atoms with E-state index in [0.717, 1.165) is 24.3 Å². The van der Waals surface area contributed by atoms with Crippen molar-refractivity contribution in [1.82, 2.24) is 4.72 Å². The van der Waals surface area contributed by atoms with E-state index in [1.807, 2.05) is 6.92 Å². The molecule has 1 aromatic carbocycles. The summed E-state index contributed by atoms with van der Waals surface area (Å²) in [6, 6.07) is 3.40. The summed E-state index contributed by atoms with van der Waals surface area (Å²) >= 11 is 0. The van der Waals surface area contributed by atoms with Crippen LogP contribution in [0, 0.1) is 11.7 Å². The van der Waals surface area contributed by atoms with E-state index >= 15 is 0 Å². The van der Waals surface area contributed by atoms with Gasteiger partial charge in [-0.1, -0.05) is 20.3 Å². The highest BCUT2D eigenvalue weighted by Crippen LogP contribution is 2.15. The van der Waals surface area contributed by atoms with Crippen molar-refractivity contribution in [3.63, 3.8) is 0 Å². The molecule has 2 atom stereocenters. The van der Waals surface area contributed by atoms with E-state index in [4.69, 9.17) is 0 Å². The van der Waals surface area contributed by atoms with Gasteiger partial charge in [0.1, 0.15) is 11.9 Å². The van der Waals surface area contributed by atoms with Gasteiger partial charge in [-0.15, -0.1) is 0 Å². The molecule has 2 unspecified atom stereocenters. The third-order valence-electron chi connectivity index (χ3n) is 3.07. The highest BCUT2D eigenvalue weighted by Gasteiger charge is 2.30. The van der Waals surface area contributed by atoms with E-state index in [1.54, 1.807) is 6.92 Å². The maximum atomic E-state index is 12.8. The fourth-order valence-corrected chi connectivity index (χ4v) is 2.90. The molecule has 0 saturated carbocycles. The molecule has 0 heterocycles. The molecule has 112 valence electrons. The molecule has 0 aliphatic carbocycles. The van der Waals surface area contributed by atoms with Crippen molar-refractivity contribution in [3.8, 4) is 0 Å². The van der Waals surface area contributed by atoms with Crippen LogP contribution in [0.5, 0.6) is 0 Å². The second-order valence-electron chi connectivity index (χ2n) is 4.46. The highest BCUT2D eigenvalue weighted by molar-refractivity contribution is 7.89. The van der Waals surface area contributed by atoms with E-state index in [1.165, 1.54) is 7.11 Å². The van der Waals surface area contributed by atoms with Gasteiger partial charge in [0.05, 0.1) is 12.0 Å². The quantitative estimate of drug-likeness (QED) is 0.812. The van der Waals surface area contributed by atoms with Crippen molar-refractivity contribution in [2.75, 3.05) is 7.11 Å². The third-order valence-corrected chi connectivity index (χ3v) is 4.53. The van der Waals surface area contributed by atoms with E-state index in [2.05, 4.69) is 9.46 Å². The predicted octanol–water partition coefficient (Wildman–Crippen LogP) is 1.69. The van der Waals surface area contributed by atoms with Gasteiger partial charge in [0, 0.05) is 0 Å². The number of rotatable bonds is 6. The summed E-state index contributed by atoms with van der Waals surface area (Å²) in [6.07, 6.45) is 0.603. The van der Waals surface area contributed by atoms with Crippen molar-refractivity contribution < 1.29 is 22.3 Å². The van der Waals surface area contributed by atoms with Gasteiger partial charge in [0.25, 0.3) is 0 Å². The number of nitrogens with one attached hydrogen (secondary N) is 1. The van der Waals surface area contributed by atoms with Gasteiger partial charge in [-0.25, -0.2) is 12.8 Å². The van der Waals surface area contributed by atoms with Crippen molar-refractivity contribution >= 4 is 16.0 Å². The monoisotopic (exact) mass is 303 g/mol. The lowest BCUT2D eigenvalue weighted by Gasteiger charge is -2.21. The molecule has 0 spiro atoms. The van der Waals surface area contributed by atoms with Crippen LogP contribution >= 0.6 is 0 Å². The molecule has 0 amide bonds. The molecule has 0 aliphatic rings. The number of ether oxygens (including phenoxy) is 1. The van der Waals surface area contributed by atoms with Gasteiger partial charge in [-0.05, 0) is 30.2 Å². The Morgan fingerprint density at radius 2 is 1.90 bits per heavy atom. The van der Waals surface area contributed by atoms with Crippen LogP contribution in [-0.4, -0.2) is 27.5 Å². The van der Waals surface area contributed by atoms with E-state index in [-0.39, 0.29) is 10.8 Å². The number of carbonyl (C=O) groups is 1. The lowest BCUT2D eigenvalue weighted by molar-refractivity contribution is -0.143. The Kier molecular flexibility index (Phi) is 5.64. The van der Waals surface area contributed by atoms with Gasteiger partial charge < -0.3 is 4.74 Å². The number of methoxy groups -OCH3 is 1. The summed E-state index contributed by atoms with van der Waals surface area (Å²) in [4.78, 5) is 11.6. The minimum absolute atomic E-state index is 0.101. The average molecular weight is 303 g/mol. The Morgan fingerprint density at radius 1 is 1.35 bits per heavy atom. The molecule has 0 radical (unpaired) electrons. The Balaban J connectivity index is 3.02. The zero-order chi connectivity index (χ0) is 15.3. The van der Waals surface area contributed by atoms with E-state index in [9.17, 15) is 17.6 Å². The molecule has 0 saturated heterocycles. The number of hydrogen-bond donors (Lipinski definition) is 1. The molecule has 0 aliphatic heterocycles. The summed E-state index contributed by atoms with van der Waals surface area (Å²) in [6.45, 7) is 3.58. The Labute approximate surface area is 118 Å². The smallest absolute Gasteiger partial charge is 0.324 e. The first kappa shape index (κ1) is 16.6. The Hall–Kier alpha value is -1.47. The maximum absolute atomic E-state index is 12.8. The molecule has 5 nitrogen and oxygen atoms in total. The lowest BCUT2D eigenvalue weighted by atomic mass is 10.0. The highest BCUT2D eigenvalue weighted by atomic mass is 32.2. The van der Waals surface area contributed by atoms with Crippen LogP contribution in [0.3, 0.4) is 0 Å². The Morgan fingerprint density at radius 3 is 2.35 bits per heavy atom. The molecule has 1 rings (SSSR count). The Bertz CT molecular complexity index is 556. The number of halogens is 1. The van der Waals surface area contributed by atoms with Crippen LogP contribution < -0.4 is 4.72 Å². The molecule has 1 aromatic rings. The van der Waals surface area contributed by atoms with Gasteiger partial charge >= 0.3 is 5.97 Å². The zero-order valence-electron chi connectivity index (χ0n) is 11.6. The van der Waals surface area contributed by atoms with Crippen molar-refractivity contribution in [3.05, 3.63) is 30.1 Å². The summed E-state index contributed by atoms with van der Waals surface area (Å²) in [5.41, 5.74) is 0. The molecule has 0 aromatic heterocycles. The standard InChI is InChI=1S/C13H18FNO4S/c1-4-9(2)12(13(16)19-3)15-20(17,18)11-7-5-10(14)6-8-11/h5-9,12,15H,4H2,1-3H3. The first-order valence-corrected chi connectivity index (χ1v) is 7.65. The van der Waals surface area contributed by atoms with Crippen molar-refractivity contribution in [2.45, 2.75) is 31.2 Å². The summed E-state index contributed by atoms with van der Waals surface area (Å²) in [7, 11) is -2.71. The number of benzene rings is 1. The van der Waals surface area contributed by atoms with Crippen LogP contribution in [0.15, 0.2) is 29.2 Å². The summed E-state index contributed by atoms with van der Waals surface area (Å²) < 4.78 is 44.0. The first-order chi connectivity index (χ1) is 9.31. The number of esters is 1. The van der Waals surface area contributed by atoms with Gasteiger partial charge in [0.2, 0.25) is 10.0 Å². The summed E-state index contributed by atoms with van der Waals surface area (Å²) in [5.74, 6) is -1.40. The molecule has 0 fully saturated rings. The molecule has 7 heteroatoms. The topological polar surface area (TPSA) is 72.5 Å². The number of hydrogen-bond acceptors (Lipinski definition) is 4. The van der Waals surface area contributed by atoms with Crippen LogP contribution in [0.2, 0.25) is 0 Å². The van der Waals surface area contributed by atoms with Gasteiger partial charge in [0.15, 0.2) is 0 Å². The average Bonchev–Trinajstić information content (AvgIpc) is 2.43. The molecule has 20 heavy (non-hydrogen) atoms. The fraction of sp³-hybridized carbons (Fsp3) is 0.462. The van der Waals surface area contributed by atoms with Gasteiger partial charge in [-0.2, -0.15) is 4.72 Å². The minimum Gasteiger partial charge on any atom is -0.468 e. The molecular formula is C13H18FNO4S.